The second-order valence-electron chi connectivity index (χ2n) is 10.7. The number of hydrogen-bond donors (Lipinski definition) is 3. The van der Waals surface area contributed by atoms with Gasteiger partial charge in [0, 0.05) is 19.7 Å². The third-order valence-electron chi connectivity index (χ3n) is 7.88. The summed E-state index contributed by atoms with van der Waals surface area (Å²) in [5, 5.41) is 2.81. The number of carbonyl (C=O) groups is 4. The fourth-order valence-corrected chi connectivity index (χ4v) is 5.34. The van der Waals surface area contributed by atoms with Crippen LogP contribution in [0.5, 0.6) is 5.75 Å². The third-order valence-corrected chi connectivity index (χ3v) is 7.88. The molecule has 5 rings (SSSR count). The first-order chi connectivity index (χ1) is 17.2. The minimum Gasteiger partial charge on any atom is -0.473 e. The molecule has 2 aliphatic heterocycles. The van der Waals surface area contributed by atoms with Crippen LogP contribution in [0.2, 0.25) is 0 Å². The third kappa shape index (κ3) is 4.76. The number of amides is 4. The molecule has 0 aromatic carbocycles. The molecule has 36 heavy (non-hydrogen) atoms. The molecule has 1 aromatic heterocycles. The van der Waals surface area contributed by atoms with E-state index in [1.807, 2.05) is 0 Å². The first kappa shape index (κ1) is 24.5. The van der Waals surface area contributed by atoms with Gasteiger partial charge in [0.2, 0.25) is 23.3 Å². The largest absolute Gasteiger partial charge is 0.473 e. The molecule has 4 atom stereocenters. The van der Waals surface area contributed by atoms with Gasteiger partial charge in [0.15, 0.2) is 0 Å². The van der Waals surface area contributed by atoms with Gasteiger partial charge in [-0.3, -0.25) is 24.2 Å². The molecule has 2 unspecified atom stereocenters. The molecule has 1 saturated heterocycles. The maximum Gasteiger partial charge on any atom is 0.266 e. The fraction of sp³-hybridized carbons (Fsp3) is 0.640. The van der Waals surface area contributed by atoms with Crippen molar-refractivity contribution in [2.45, 2.75) is 75.2 Å². The van der Waals surface area contributed by atoms with Crippen molar-refractivity contribution in [3.63, 3.8) is 0 Å². The van der Waals surface area contributed by atoms with Crippen LogP contribution in [-0.2, 0) is 25.7 Å². The van der Waals surface area contributed by atoms with Gasteiger partial charge in [-0.1, -0.05) is 25.7 Å². The maximum atomic E-state index is 14.0. The van der Waals surface area contributed by atoms with Gasteiger partial charge in [-0.05, 0) is 36.8 Å². The number of aromatic nitrogens is 1. The van der Waals surface area contributed by atoms with E-state index < -0.39 is 41.4 Å². The number of nitrogens with one attached hydrogen (secondary N) is 1. The highest BCUT2D eigenvalue weighted by Crippen LogP contribution is 2.39. The van der Waals surface area contributed by atoms with Crippen LogP contribution >= 0.6 is 0 Å². The van der Waals surface area contributed by atoms with E-state index in [4.69, 9.17) is 16.2 Å². The van der Waals surface area contributed by atoms with Crippen molar-refractivity contribution < 1.29 is 23.9 Å². The van der Waals surface area contributed by atoms with Gasteiger partial charge in [0.05, 0.1) is 19.1 Å². The van der Waals surface area contributed by atoms with Crippen molar-refractivity contribution in [2.24, 2.45) is 23.3 Å². The lowest BCUT2D eigenvalue weighted by Crippen LogP contribution is -2.57. The summed E-state index contributed by atoms with van der Waals surface area (Å²) >= 11 is 0. The van der Waals surface area contributed by atoms with Crippen molar-refractivity contribution in [1.29, 1.82) is 0 Å². The highest BCUT2D eigenvalue weighted by Gasteiger charge is 2.57. The Balaban J connectivity index is 1.41. The zero-order valence-corrected chi connectivity index (χ0v) is 20.5. The molecule has 1 spiro atoms. The zero-order chi connectivity index (χ0) is 25.6. The Morgan fingerprint density at radius 1 is 1.25 bits per heavy atom. The molecular weight excluding hydrogens is 464 g/mol. The van der Waals surface area contributed by atoms with Crippen molar-refractivity contribution in [1.82, 2.24) is 20.1 Å². The molecular formula is C25H34N6O5. The van der Waals surface area contributed by atoms with E-state index >= 15 is 0 Å². The lowest BCUT2D eigenvalue weighted by molar-refractivity contribution is -0.148. The molecule has 2 aliphatic carbocycles. The highest BCUT2D eigenvalue weighted by molar-refractivity contribution is 5.96. The Morgan fingerprint density at radius 2 is 1.94 bits per heavy atom. The van der Waals surface area contributed by atoms with E-state index in [0.717, 1.165) is 25.7 Å². The molecule has 11 nitrogen and oxygen atoms in total. The van der Waals surface area contributed by atoms with Gasteiger partial charge in [-0.15, -0.1) is 0 Å². The SMILES string of the molecule is CN(C(=O)C(N)CC1CC1)C(CC1CC1)C(=O)N1C[C@@]2(C[C@H]1C(N)=O)Oc1cccnc1CNC2=O. The number of nitrogens with zero attached hydrogens (tertiary/aromatic N) is 3. The van der Waals surface area contributed by atoms with Crippen LogP contribution in [0.1, 0.15) is 50.6 Å². The fourth-order valence-electron chi connectivity index (χ4n) is 5.34. The number of hydrogen-bond acceptors (Lipinski definition) is 7. The van der Waals surface area contributed by atoms with Crippen LogP contribution in [0.4, 0.5) is 0 Å². The molecule has 11 heteroatoms. The lowest BCUT2D eigenvalue weighted by Gasteiger charge is -2.34. The number of nitrogens with two attached hydrogens (primary N) is 2. The van der Waals surface area contributed by atoms with E-state index in [0.29, 0.717) is 36.1 Å². The Bertz CT molecular complexity index is 1070. The van der Waals surface area contributed by atoms with Gasteiger partial charge < -0.3 is 31.3 Å². The summed E-state index contributed by atoms with van der Waals surface area (Å²) in [6.45, 7) is 0.0172. The Labute approximate surface area is 209 Å². The average Bonchev–Trinajstić information content (AvgIpc) is 3.79. The molecule has 0 radical (unpaired) electrons. The normalized spacial score (nSPS) is 26.9. The van der Waals surface area contributed by atoms with Crippen molar-refractivity contribution in [3.8, 4) is 5.75 Å². The molecule has 4 amide bonds. The summed E-state index contributed by atoms with van der Waals surface area (Å²) in [5.74, 6) is -0.642. The zero-order valence-electron chi connectivity index (χ0n) is 20.5. The van der Waals surface area contributed by atoms with Crippen molar-refractivity contribution >= 4 is 23.6 Å². The van der Waals surface area contributed by atoms with Gasteiger partial charge in [-0.25, -0.2) is 0 Å². The minimum atomic E-state index is -1.49. The molecule has 194 valence electrons. The first-order valence-electron chi connectivity index (χ1n) is 12.7. The molecule has 0 bridgehead atoms. The van der Waals surface area contributed by atoms with Crippen molar-refractivity contribution in [3.05, 3.63) is 24.0 Å². The Hall–Kier alpha value is -3.21. The van der Waals surface area contributed by atoms with Crippen LogP contribution in [0, 0.1) is 11.8 Å². The number of carbonyl (C=O) groups excluding carboxylic acids is 4. The monoisotopic (exact) mass is 498 g/mol. The number of fused-ring (bicyclic) bond motifs is 1. The average molecular weight is 499 g/mol. The van der Waals surface area contributed by atoms with Gasteiger partial charge in [-0.2, -0.15) is 0 Å². The summed E-state index contributed by atoms with van der Waals surface area (Å²) in [6.07, 6.45) is 6.72. The molecule has 4 aliphatic rings. The van der Waals surface area contributed by atoms with E-state index in [9.17, 15) is 19.2 Å². The highest BCUT2D eigenvalue weighted by atomic mass is 16.5. The second kappa shape index (κ2) is 9.34. The summed E-state index contributed by atoms with van der Waals surface area (Å²) < 4.78 is 6.17. The van der Waals surface area contributed by atoms with Crippen LogP contribution < -0.4 is 21.5 Å². The van der Waals surface area contributed by atoms with E-state index in [-0.39, 0.29) is 25.4 Å². The molecule has 3 fully saturated rings. The van der Waals surface area contributed by atoms with E-state index in [2.05, 4.69) is 10.3 Å². The van der Waals surface area contributed by atoms with Crippen LogP contribution in [0.15, 0.2) is 18.3 Å². The Morgan fingerprint density at radius 3 is 2.61 bits per heavy atom. The number of rotatable bonds is 8. The quantitative estimate of drug-likeness (QED) is 0.442. The summed E-state index contributed by atoms with van der Waals surface area (Å²) in [6, 6.07) is 0.885. The number of ether oxygens (including phenoxy) is 1. The molecule has 1 aromatic rings. The van der Waals surface area contributed by atoms with Crippen LogP contribution in [0.25, 0.3) is 0 Å². The summed E-state index contributed by atoms with van der Waals surface area (Å²) in [4.78, 5) is 59.9. The summed E-state index contributed by atoms with van der Waals surface area (Å²) in [7, 11) is 1.60. The predicted molar refractivity (Wildman–Crippen MR) is 128 cm³/mol. The number of pyridine rings is 1. The minimum absolute atomic E-state index is 0.0801. The standard InChI is InChI=1S/C25H34N6O5/c1-30(22(33)16(26)9-14-4-5-14)18(10-15-6-7-15)23(34)31-13-25(11-19(31)21(27)32)24(35)29-12-17-20(36-25)3-2-8-28-17/h2-3,8,14-16,18-19H,4-7,9-13,26H2,1H3,(H2,27,32)(H,29,35)/t16?,18?,19-,25+/m0/s1. The predicted octanol–water partition coefficient (Wildman–Crippen LogP) is -0.330. The van der Waals surface area contributed by atoms with Crippen molar-refractivity contribution in [2.75, 3.05) is 13.6 Å². The smallest absolute Gasteiger partial charge is 0.266 e. The van der Waals surface area contributed by atoms with Crippen LogP contribution in [0.3, 0.4) is 0 Å². The van der Waals surface area contributed by atoms with Gasteiger partial charge in [0.25, 0.3) is 5.91 Å². The Kier molecular flexibility index (Phi) is 6.36. The molecule has 2 saturated carbocycles. The second-order valence-corrected chi connectivity index (χ2v) is 10.7. The number of primary amides is 1. The van der Waals surface area contributed by atoms with E-state index in [1.165, 1.54) is 9.80 Å². The maximum absolute atomic E-state index is 14.0. The van der Waals surface area contributed by atoms with E-state index in [1.54, 1.807) is 25.4 Å². The van der Waals surface area contributed by atoms with Gasteiger partial charge >= 0.3 is 0 Å². The van der Waals surface area contributed by atoms with Gasteiger partial charge in [0.1, 0.15) is 23.5 Å². The molecule has 5 N–H and O–H groups in total. The molecule has 3 heterocycles. The summed E-state index contributed by atoms with van der Waals surface area (Å²) in [5.41, 5.74) is 11.0. The first-order valence-corrected chi connectivity index (χ1v) is 12.7. The number of likely N-dealkylation sites (N-methyl/N-ethyl adjacent to an activating group) is 1. The van der Waals surface area contributed by atoms with Crippen LogP contribution in [-0.4, -0.2) is 75.7 Å². The lowest BCUT2D eigenvalue weighted by atomic mass is 9.98. The number of likely N-dealkylation sites (tertiary alicyclic amines) is 1. The topological polar surface area (TPSA) is 161 Å².